The van der Waals surface area contributed by atoms with Gasteiger partial charge in [-0.3, -0.25) is 9.59 Å². The van der Waals surface area contributed by atoms with Crippen molar-refractivity contribution in [2.75, 3.05) is 0 Å². The molecule has 0 radical (unpaired) electrons. The van der Waals surface area contributed by atoms with Gasteiger partial charge in [-0.1, -0.05) is 52.3 Å². The molecule has 0 spiro atoms. The van der Waals surface area contributed by atoms with Gasteiger partial charge in [0.15, 0.2) is 0 Å². The molecule has 0 heterocycles. The van der Waals surface area contributed by atoms with E-state index in [0.29, 0.717) is 12.8 Å². The molecule has 37 heavy (non-hydrogen) atoms. The molecule has 1 aromatic carbocycles. The predicted octanol–water partition coefficient (Wildman–Crippen LogP) is 6.22. The number of nitrogens with one attached hydrogen (secondary N) is 2. The maximum Gasteiger partial charge on any atom is 0.408 e. The number of hydrogen-bond acceptors (Lipinski definition) is 4. The van der Waals surface area contributed by atoms with Crippen molar-refractivity contribution in [3.63, 3.8) is 0 Å². The Balaban J connectivity index is 3.58. The smallest absolute Gasteiger partial charge is 0.408 e. The standard InChI is InChI=1S/C30H51N3O4/c1-12-14-22(7)31-27(34)26(24-16-15-20(5)21(6)18-24)33(23(8)13-2)28(35)25(17-19(3)4)32-29(36)37-30(9,10)11/h15-16,18-19,22-23,25-26H,12-14,17H2,1-11H3,(H,31,34)(H,32,36). The van der Waals surface area contributed by atoms with Gasteiger partial charge in [0, 0.05) is 12.1 Å². The van der Waals surface area contributed by atoms with Crippen LogP contribution in [0.1, 0.15) is 111 Å². The number of carbonyl (C=O) groups is 3. The van der Waals surface area contributed by atoms with Gasteiger partial charge in [-0.15, -0.1) is 0 Å². The van der Waals surface area contributed by atoms with Gasteiger partial charge < -0.3 is 20.3 Å². The summed E-state index contributed by atoms with van der Waals surface area (Å²) in [6.45, 7) is 21.4. The van der Waals surface area contributed by atoms with Gasteiger partial charge in [0.2, 0.25) is 11.8 Å². The van der Waals surface area contributed by atoms with E-state index in [9.17, 15) is 14.4 Å². The number of amides is 3. The fourth-order valence-electron chi connectivity index (χ4n) is 4.32. The summed E-state index contributed by atoms with van der Waals surface area (Å²) >= 11 is 0. The molecule has 0 aliphatic carbocycles. The number of benzene rings is 1. The van der Waals surface area contributed by atoms with E-state index >= 15 is 0 Å². The molecule has 0 saturated carbocycles. The Bertz CT molecular complexity index is 907. The molecule has 0 aliphatic heterocycles. The number of rotatable bonds is 12. The number of alkyl carbamates (subject to hydrolysis) is 1. The highest BCUT2D eigenvalue weighted by Crippen LogP contribution is 2.29. The fourth-order valence-corrected chi connectivity index (χ4v) is 4.32. The summed E-state index contributed by atoms with van der Waals surface area (Å²) in [5, 5.41) is 5.94. The van der Waals surface area contributed by atoms with Crippen LogP contribution in [-0.2, 0) is 14.3 Å². The first kappa shape index (κ1) is 32.5. The Kier molecular flexibility index (Phi) is 12.6. The number of carbonyl (C=O) groups excluding carboxylic acids is 3. The van der Waals surface area contributed by atoms with Crippen LogP contribution in [0.3, 0.4) is 0 Å². The van der Waals surface area contributed by atoms with E-state index in [1.807, 2.05) is 66.7 Å². The maximum atomic E-state index is 14.2. The monoisotopic (exact) mass is 517 g/mol. The third-order valence-corrected chi connectivity index (χ3v) is 6.50. The second-order valence-corrected chi connectivity index (χ2v) is 11.8. The minimum Gasteiger partial charge on any atom is -0.444 e. The van der Waals surface area contributed by atoms with Crippen LogP contribution in [0.25, 0.3) is 0 Å². The van der Waals surface area contributed by atoms with Gasteiger partial charge in [0.25, 0.3) is 0 Å². The van der Waals surface area contributed by atoms with E-state index < -0.39 is 23.8 Å². The summed E-state index contributed by atoms with van der Waals surface area (Å²) in [7, 11) is 0. The summed E-state index contributed by atoms with van der Waals surface area (Å²) in [4.78, 5) is 42.4. The molecule has 4 atom stereocenters. The molecule has 3 amide bonds. The minimum absolute atomic E-state index is 0.0215. The maximum absolute atomic E-state index is 14.2. The molecular weight excluding hydrogens is 466 g/mol. The van der Waals surface area contributed by atoms with Gasteiger partial charge in [-0.2, -0.15) is 0 Å². The second-order valence-electron chi connectivity index (χ2n) is 11.8. The Hall–Kier alpha value is -2.57. The Labute approximate surface area is 225 Å². The number of hydrogen-bond donors (Lipinski definition) is 2. The lowest BCUT2D eigenvalue weighted by molar-refractivity contribution is -0.145. The van der Waals surface area contributed by atoms with Crippen molar-refractivity contribution < 1.29 is 19.1 Å². The average Bonchev–Trinajstić information content (AvgIpc) is 2.76. The normalized spacial score (nSPS) is 14.9. The number of nitrogens with zero attached hydrogens (tertiary/aromatic N) is 1. The molecule has 0 fully saturated rings. The van der Waals surface area contributed by atoms with Crippen molar-refractivity contribution in [1.82, 2.24) is 15.5 Å². The van der Waals surface area contributed by atoms with Crippen molar-refractivity contribution in [3.05, 3.63) is 34.9 Å². The van der Waals surface area contributed by atoms with Crippen LogP contribution in [0.5, 0.6) is 0 Å². The zero-order chi connectivity index (χ0) is 28.5. The van der Waals surface area contributed by atoms with Gasteiger partial charge in [-0.05, 0) is 90.3 Å². The molecule has 4 unspecified atom stereocenters. The molecule has 7 nitrogen and oxygen atoms in total. The third kappa shape index (κ3) is 10.4. The lowest BCUT2D eigenvalue weighted by atomic mass is 9.95. The van der Waals surface area contributed by atoms with Crippen LogP contribution in [0.4, 0.5) is 4.79 Å². The number of aryl methyl sites for hydroxylation is 2. The topological polar surface area (TPSA) is 87.7 Å². The molecule has 210 valence electrons. The predicted molar refractivity (Wildman–Crippen MR) is 150 cm³/mol. The first-order valence-electron chi connectivity index (χ1n) is 13.8. The van der Waals surface area contributed by atoms with Crippen molar-refractivity contribution >= 4 is 17.9 Å². The van der Waals surface area contributed by atoms with Gasteiger partial charge in [0.05, 0.1) is 0 Å². The zero-order valence-electron chi connectivity index (χ0n) is 25.0. The van der Waals surface area contributed by atoms with Crippen molar-refractivity contribution in [2.45, 2.75) is 132 Å². The van der Waals surface area contributed by atoms with Crippen molar-refractivity contribution in [3.8, 4) is 0 Å². The van der Waals surface area contributed by atoms with E-state index in [1.54, 1.807) is 25.7 Å². The van der Waals surface area contributed by atoms with Crippen LogP contribution in [0.15, 0.2) is 18.2 Å². The van der Waals surface area contributed by atoms with Crippen LogP contribution in [0.2, 0.25) is 0 Å². The van der Waals surface area contributed by atoms with Gasteiger partial charge in [-0.25, -0.2) is 4.79 Å². The average molecular weight is 518 g/mol. The quantitative estimate of drug-likeness (QED) is 0.345. The molecular formula is C30H51N3O4. The van der Waals surface area contributed by atoms with Crippen LogP contribution < -0.4 is 10.6 Å². The Morgan fingerprint density at radius 3 is 2.08 bits per heavy atom. The van der Waals surface area contributed by atoms with E-state index in [1.165, 1.54) is 0 Å². The van der Waals surface area contributed by atoms with Gasteiger partial charge >= 0.3 is 6.09 Å². The molecule has 0 aliphatic rings. The summed E-state index contributed by atoms with van der Waals surface area (Å²) in [6, 6.07) is 4.01. The Morgan fingerprint density at radius 2 is 1.59 bits per heavy atom. The number of ether oxygens (including phenoxy) is 1. The Morgan fingerprint density at radius 1 is 0.973 bits per heavy atom. The first-order chi connectivity index (χ1) is 17.1. The molecule has 0 aromatic heterocycles. The summed E-state index contributed by atoms with van der Waals surface area (Å²) < 4.78 is 5.47. The lowest BCUT2D eigenvalue weighted by Gasteiger charge is -2.39. The lowest BCUT2D eigenvalue weighted by Crippen LogP contribution is -2.56. The molecule has 0 saturated heterocycles. The van der Waals surface area contributed by atoms with Crippen LogP contribution >= 0.6 is 0 Å². The van der Waals surface area contributed by atoms with E-state index in [2.05, 4.69) is 17.6 Å². The van der Waals surface area contributed by atoms with Gasteiger partial charge in [0.1, 0.15) is 17.7 Å². The highest BCUT2D eigenvalue weighted by atomic mass is 16.6. The minimum atomic E-state index is -0.823. The summed E-state index contributed by atoms with van der Waals surface area (Å²) in [6.07, 6.45) is 2.24. The highest BCUT2D eigenvalue weighted by Gasteiger charge is 2.39. The SMILES string of the molecule is CCCC(C)NC(=O)C(c1ccc(C)c(C)c1)N(C(=O)C(CC(C)C)NC(=O)OC(C)(C)C)C(C)CC. The largest absolute Gasteiger partial charge is 0.444 e. The zero-order valence-corrected chi connectivity index (χ0v) is 25.0. The molecule has 0 bridgehead atoms. The van der Waals surface area contributed by atoms with Crippen molar-refractivity contribution in [1.29, 1.82) is 0 Å². The summed E-state index contributed by atoms with van der Waals surface area (Å²) in [5.41, 5.74) is 2.24. The second kappa shape index (κ2) is 14.4. The summed E-state index contributed by atoms with van der Waals surface area (Å²) in [5.74, 6) is -0.352. The van der Waals surface area contributed by atoms with Crippen molar-refractivity contribution in [2.24, 2.45) is 5.92 Å². The molecule has 2 N–H and O–H groups in total. The van der Waals surface area contributed by atoms with Crippen LogP contribution in [-0.4, -0.2) is 46.5 Å². The van der Waals surface area contributed by atoms with Crippen LogP contribution in [0, 0.1) is 19.8 Å². The molecule has 1 aromatic rings. The fraction of sp³-hybridized carbons (Fsp3) is 0.700. The van der Waals surface area contributed by atoms with E-state index in [0.717, 1.165) is 29.5 Å². The third-order valence-electron chi connectivity index (χ3n) is 6.50. The highest BCUT2D eigenvalue weighted by molar-refractivity contribution is 5.92. The molecule has 7 heteroatoms. The molecule has 1 rings (SSSR count). The van der Waals surface area contributed by atoms with E-state index in [4.69, 9.17) is 4.74 Å². The van der Waals surface area contributed by atoms with E-state index in [-0.39, 0.29) is 29.8 Å². The first-order valence-corrected chi connectivity index (χ1v) is 13.8.